The second-order valence-electron chi connectivity index (χ2n) is 7.13. The van der Waals surface area contributed by atoms with Crippen LogP contribution in [0.1, 0.15) is 38.5 Å². The molecule has 160 valence electrons. The number of benzene rings is 1. The first kappa shape index (κ1) is 21.4. The number of nitrogens with two attached hydrogens (primary N) is 2. The summed E-state index contributed by atoms with van der Waals surface area (Å²) in [5, 5.41) is 0.858. The highest BCUT2D eigenvalue weighted by Gasteiger charge is 2.20. The Morgan fingerprint density at radius 1 is 1.03 bits per heavy atom. The Hall–Kier alpha value is -1.79. The fraction of sp³-hybridized carbons (Fsp3) is 0.450. The monoisotopic (exact) mass is 540 g/mol. The third-order valence-electron chi connectivity index (χ3n) is 4.99. The maximum atomic E-state index is 6.07. The predicted molar refractivity (Wildman–Crippen MR) is 126 cm³/mol. The van der Waals surface area contributed by atoms with Gasteiger partial charge in [0.05, 0.1) is 0 Å². The van der Waals surface area contributed by atoms with E-state index in [2.05, 4.69) is 37.1 Å². The summed E-state index contributed by atoms with van der Waals surface area (Å²) in [4.78, 5) is 14.4. The van der Waals surface area contributed by atoms with Crippen LogP contribution in [0, 0.1) is 3.57 Å². The van der Waals surface area contributed by atoms with Crippen molar-refractivity contribution in [2.45, 2.75) is 55.1 Å². The van der Waals surface area contributed by atoms with Crippen LogP contribution in [0.3, 0.4) is 0 Å². The van der Waals surface area contributed by atoms with E-state index in [1.165, 1.54) is 25.6 Å². The molecule has 2 aromatic heterocycles. The van der Waals surface area contributed by atoms with Crippen LogP contribution in [0.15, 0.2) is 28.5 Å². The van der Waals surface area contributed by atoms with Crippen molar-refractivity contribution in [3.05, 3.63) is 22.0 Å². The molecule has 0 saturated carbocycles. The molecule has 3 heterocycles. The van der Waals surface area contributed by atoms with Gasteiger partial charge in [-0.1, -0.05) is 37.4 Å². The Morgan fingerprint density at radius 2 is 1.77 bits per heavy atom. The minimum Gasteiger partial charge on any atom is -0.454 e. The number of unbranched alkanes of at least 4 members (excludes halogenated alkanes) is 5. The summed E-state index contributed by atoms with van der Waals surface area (Å²) in [5.74, 6) is 1.95. The van der Waals surface area contributed by atoms with Gasteiger partial charge in [-0.3, -0.25) is 0 Å². The Bertz CT molecular complexity index is 1030. The van der Waals surface area contributed by atoms with Crippen LogP contribution in [0.25, 0.3) is 11.2 Å². The zero-order valence-corrected chi connectivity index (χ0v) is 19.6. The van der Waals surface area contributed by atoms with E-state index in [1.54, 1.807) is 11.8 Å². The number of rotatable bonds is 10. The van der Waals surface area contributed by atoms with Gasteiger partial charge in [0, 0.05) is 15.0 Å². The molecule has 0 saturated heterocycles. The minimum absolute atomic E-state index is 0.259. The lowest BCUT2D eigenvalue weighted by Crippen LogP contribution is -2.02. The first-order chi connectivity index (χ1) is 14.7. The van der Waals surface area contributed by atoms with Crippen LogP contribution >= 0.6 is 34.4 Å². The quantitative estimate of drug-likeness (QED) is 0.291. The van der Waals surface area contributed by atoms with Gasteiger partial charge in [-0.2, -0.15) is 0 Å². The first-order valence-corrected chi connectivity index (χ1v) is 12.0. The van der Waals surface area contributed by atoms with Gasteiger partial charge in [-0.25, -0.2) is 15.0 Å². The summed E-state index contributed by atoms with van der Waals surface area (Å²) in [5.41, 5.74) is 13.1. The summed E-state index contributed by atoms with van der Waals surface area (Å²) in [6, 6.07) is 4.00. The summed E-state index contributed by atoms with van der Waals surface area (Å²) >= 11 is 3.90. The second kappa shape index (κ2) is 10.0. The fourth-order valence-electron chi connectivity index (χ4n) is 3.41. The Labute approximate surface area is 193 Å². The average molecular weight is 540 g/mol. The number of aromatic nitrogens is 4. The molecule has 1 aromatic carbocycles. The van der Waals surface area contributed by atoms with Gasteiger partial charge in [0.2, 0.25) is 6.79 Å². The van der Waals surface area contributed by atoms with Crippen molar-refractivity contribution in [2.75, 3.05) is 19.1 Å². The normalized spacial score (nSPS) is 12.7. The number of anilines is 1. The number of nitrogens with zero attached hydrogens (tertiary/aromatic N) is 4. The third kappa shape index (κ3) is 4.75. The van der Waals surface area contributed by atoms with Crippen LogP contribution in [-0.4, -0.2) is 32.9 Å². The predicted octanol–water partition coefficient (Wildman–Crippen LogP) is 4.19. The lowest BCUT2D eigenvalue weighted by molar-refractivity contribution is 0.174. The molecule has 30 heavy (non-hydrogen) atoms. The molecule has 4 N–H and O–H groups in total. The topological polar surface area (TPSA) is 114 Å². The van der Waals surface area contributed by atoms with E-state index < -0.39 is 0 Å². The Morgan fingerprint density at radius 3 is 2.57 bits per heavy atom. The van der Waals surface area contributed by atoms with E-state index in [1.807, 2.05) is 12.1 Å². The number of hydrogen-bond donors (Lipinski definition) is 2. The molecule has 0 amide bonds. The molecule has 0 unspecified atom stereocenters. The van der Waals surface area contributed by atoms with Gasteiger partial charge in [0.25, 0.3) is 0 Å². The van der Waals surface area contributed by atoms with Gasteiger partial charge < -0.3 is 25.5 Å². The molecular weight excluding hydrogens is 515 g/mol. The van der Waals surface area contributed by atoms with Gasteiger partial charge in [-0.05, 0) is 54.1 Å². The molecule has 0 fully saturated rings. The summed E-state index contributed by atoms with van der Waals surface area (Å²) < 4.78 is 14.3. The lowest BCUT2D eigenvalue weighted by Gasteiger charge is -2.10. The van der Waals surface area contributed by atoms with Crippen molar-refractivity contribution < 1.29 is 9.47 Å². The van der Waals surface area contributed by atoms with Gasteiger partial charge >= 0.3 is 0 Å². The number of hydrogen-bond acceptors (Lipinski definition) is 8. The van der Waals surface area contributed by atoms with E-state index in [-0.39, 0.29) is 6.79 Å². The molecule has 1 aliphatic rings. The van der Waals surface area contributed by atoms with Crippen molar-refractivity contribution in [1.29, 1.82) is 0 Å². The lowest BCUT2D eigenvalue weighted by atomic mass is 10.1. The number of aryl methyl sites for hydroxylation is 1. The van der Waals surface area contributed by atoms with Crippen molar-refractivity contribution in [3.63, 3.8) is 0 Å². The summed E-state index contributed by atoms with van der Waals surface area (Å²) in [6.45, 7) is 1.88. The highest BCUT2D eigenvalue weighted by Crippen LogP contribution is 2.41. The van der Waals surface area contributed by atoms with Crippen molar-refractivity contribution in [3.8, 4) is 11.5 Å². The molecule has 0 bridgehead atoms. The number of fused-ring (bicyclic) bond motifs is 2. The molecule has 3 aromatic rings. The van der Waals surface area contributed by atoms with E-state index in [9.17, 15) is 0 Å². The second-order valence-corrected chi connectivity index (χ2v) is 9.30. The van der Waals surface area contributed by atoms with Crippen LogP contribution in [0.4, 0.5) is 5.82 Å². The molecule has 10 heteroatoms. The number of imidazole rings is 1. The van der Waals surface area contributed by atoms with Crippen LogP contribution in [0.2, 0.25) is 0 Å². The van der Waals surface area contributed by atoms with E-state index in [0.29, 0.717) is 11.3 Å². The number of halogens is 1. The van der Waals surface area contributed by atoms with Crippen molar-refractivity contribution in [2.24, 2.45) is 5.73 Å². The third-order valence-corrected chi connectivity index (χ3v) is 7.30. The molecule has 4 rings (SSSR count). The maximum Gasteiger partial charge on any atom is 0.231 e. The summed E-state index contributed by atoms with van der Waals surface area (Å²) in [7, 11) is 0. The number of nitrogen functional groups attached to an aromatic ring is 1. The van der Waals surface area contributed by atoms with E-state index in [0.717, 1.165) is 63.1 Å². The van der Waals surface area contributed by atoms with Crippen molar-refractivity contribution in [1.82, 2.24) is 19.5 Å². The first-order valence-electron chi connectivity index (χ1n) is 10.1. The molecule has 0 radical (unpaired) electrons. The van der Waals surface area contributed by atoms with E-state index in [4.69, 9.17) is 25.9 Å². The molecule has 0 atom stereocenters. The van der Waals surface area contributed by atoms with Crippen LogP contribution in [-0.2, 0) is 6.54 Å². The molecule has 0 aliphatic carbocycles. The molecular formula is C20H25IN6O2S. The molecule has 8 nitrogen and oxygen atoms in total. The van der Waals surface area contributed by atoms with Crippen molar-refractivity contribution >= 4 is 51.3 Å². The van der Waals surface area contributed by atoms with Crippen LogP contribution < -0.4 is 20.9 Å². The zero-order valence-electron chi connectivity index (χ0n) is 16.6. The van der Waals surface area contributed by atoms with Gasteiger partial charge in [0.15, 0.2) is 33.6 Å². The Balaban J connectivity index is 1.54. The fourth-order valence-corrected chi connectivity index (χ4v) is 5.12. The smallest absolute Gasteiger partial charge is 0.231 e. The molecule has 0 spiro atoms. The van der Waals surface area contributed by atoms with Crippen LogP contribution in [0.5, 0.6) is 11.5 Å². The zero-order chi connectivity index (χ0) is 20.9. The summed E-state index contributed by atoms with van der Waals surface area (Å²) in [6.07, 6.45) is 8.48. The highest BCUT2D eigenvalue weighted by molar-refractivity contribution is 14.1. The van der Waals surface area contributed by atoms with Gasteiger partial charge in [-0.15, -0.1) is 0 Å². The SMILES string of the molecule is NCCCCCCCCn1c(Sc2cc3c(cc2I)OCO3)nc2c(N)ncnc21. The van der Waals surface area contributed by atoms with Gasteiger partial charge in [0.1, 0.15) is 6.33 Å². The number of ether oxygens (including phenoxy) is 2. The Kier molecular flexibility index (Phi) is 7.16. The minimum atomic E-state index is 0.259. The standard InChI is InChI=1S/C20H25IN6O2S/c21-13-9-14-15(29-12-28-14)10-16(13)30-20-26-17-18(23)24-11-25-19(17)27(20)8-6-4-2-1-3-5-7-22/h9-11H,1-8,12,22H2,(H2,23,24,25). The average Bonchev–Trinajstić information content (AvgIpc) is 3.32. The largest absolute Gasteiger partial charge is 0.454 e. The van der Waals surface area contributed by atoms with E-state index >= 15 is 0 Å². The molecule has 1 aliphatic heterocycles. The highest BCUT2D eigenvalue weighted by atomic mass is 127. The maximum absolute atomic E-state index is 6.07.